The van der Waals surface area contributed by atoms with E-state index >= 15 is 0 Å². The summed E-state index contributed by atoms with van der Waals surface area (Å²) < 4.78 is 42.9. The van der Waals surface area contributed by atoms with Gasteiger partial charge in [-0.25, -0.2) is 13.1 Å². The first-order valence-corrected chi connectivity index (χ1v) is 11.5. The van der Waals surface area contributed by atoms with Crippen LogP contribution in [0.2, 0.25) is 5.02 Å². The lowest BCUT2D eigenvalue weighted by Crippen LogP contribution is -2.32. The number of hydrogen-bond acceptors (Lipinski definition) is 6. The minimum atomic E-state index is -3.79. The van der Waals surface area contributed by atoms with E-state index in [9.17, 15) is 13.2 Å². The summed E-state index contributed by atoms with van der Waals surface area (Å²) in [6, 6.07) is 11.2. The highest BCUT2D eigenvalue weighted by atomic mass is 35.5. The zero-order chi connectivity index (χ0) is 22.9. The molecule has 0 aliphatic carbocycles. The summed E-state index contributed by atoms with van der Waals surface area (Å²) in [4.78, 5) is 12.2. The number of nitrogens with one attached hydrogen (secondary N) is 2. The molecule has 0 bridgehead atoms. The topological polar surface area (TPSA) is 103 Å². The summed E-state index contributed by atoms with van der Waals surface area (Å²) in [5, 5.41) is 2.96. The first kappa shape index (κ1) is 24.9. The number of halogens is 1. The fourth-order valence-electron chi connectivity index (χ4n) is 2.74. The second kappa shape index (κ2) is 11.9. The summed E-state index contributed by atoms with van der Waals surface area (Å²) >= 11 is 5.93. The summed E-state index contributed by atoms with van der Waals surface area (Å²) in [5.41, 5.74) is 0.820. The molecule has 0 aliphatic rings. The average Bonchev–Trinajstić information content (AvgIpc) is 2.74. The van der Waals surface area contributed by atoms with Crippen molar-refractivity contribution in [3.8, 4) is 11.5 Å². The zero-order valence-electron chi connectivity index (χ0n) is 17.7. The zero-order valence-corrected chi connectivity index (χ0v) is 19.3. The monoisotopic (exact) mass is 470 g/mol. The molecular formula is C21H27ClN2O6S. The van der Waals surface area contributed by atoms with Crippen molar-refractivity contribution in [2.75, 3.05) is 34.0 Å². The Labute approximate surface area is 187 Å². The van der Waals surface area contributed by atoms with Crippen molar-refractivity contribution in [2.24, 2.45) is 0 Å². The van der Waals surface area contributed by atoms with Crippen molar-refractivity contribution >= 4 is 27.5 Å². The fraction of sp³-hybridized carbons (Fsp3) is 0.381. The first-order valence-electron chi connectivity index (χ1n) is 9.61. The first-order chi connectivity index (χ1) is 14.8. The van der Waals surface area contributed by atoms with Crippen LogP contribution in [0, 0.1) is 0 Å². The van der Waals surface area contributed by atoms with Crippen LogP contribution < -0.4 is 19.5 Å². The SMILES string of the molecule is COCCOc1ccc(C(C)NC(=O)CCNS(=O)(=O)c2ccccc2Cl)cc1OC. The average molecular weight is 471 g/mol. The molecule has 1 atom stereocenters. The number of benzene rings is 2. The lowest BCUT2D eigenvalue weighted by molar-refractivity contribution is -0.121. The smallest absolute Gasteiger partial charge is 0.242 e. The van der Waals surface area contributed by atoms with Crippen LogP contribution in [0.25, 0.3) is 0 Å². The lowest BCUT2D eigenvalue weighted by atomic mass is 10.1. The van der Waals surface area contributed by atoms with E-state index in [0.717, 1.165) is 5.56 Å². The van der Waals surface area contributed by atoms with Gasteiger partial charge in [-0.3, -0.25) is 4.79 Å². The minimum absolute atomic E-state index is 0.0228. The van der Waals surface area contributed by atoms with Crippen LogP contribution >= 0.6 is 11.6 Å². The molecule has 0 spiro atoms. The summed E-state index contributed by atoms with van der Waals surface area (Å²) in [7, 11) is -0.661. The molecule has 10 heteroatoms. The highest BCUT2D eigenvalue weighted by Crippen LogP contribution is 2.30. The van der Waals surface area contributed by atoms with Gasteiger partial charge in [0.2, 0.25) is 15.9 Å². The molecule has 8 nitrogen and oxygen atoms in total. The van der Waals surface area contributed by atoms with Crippen molar-refractivity contribution < 1.29 is 27.4 Å². The van der Waals surface area contributed by atoms with E-state index in [4.69, 9.17) is 25.8 Å². The molecule has 0 radical (unpaired) electrons. The standard InChI is InChI=1S/C21H27ClN2O6S/c1-15(16-8-9-18(19(14-16)29-3)30-13-12-28-2)24-21(25)10-11-23-31(26,27)20-7-5-4-6-17(20)22/h4-9,14-15,23H,10-13H2,1-3H3,(H,24,25). The van der Waals surface area contributed by atoms with Crippen LogP contribution in [0.4, 0.5) is 0 Å². The maximum atomic E-state index is 12.3. The fourth-order valence-corrected chi connectivity index (χ4v) is 4.29. The van der Waals surface area contributed by atoms with Gasteiger partial charge in [0, 0.05) is 20.1 Å². The highest BCUT2D eigenvalue weighted by molar-refractivity contribution is 7.89. The van der Waals surface area contributed by atoms with Crippen molar-refractivity contribution in [1.82, 2.24) is 10.0 Å². The van der Waals surface area contributed by atoms with Gasteiger partial charge < -0.3 is 19.5 Å². The van der Waals surface area contributed by atoms with Crippen LogP contribution in [0.15, 0.2) is 47.4 Å². The number of carbonyl (C=O) groups excluding carboxylic acids is 1. The van der Waals surface area contributed by atoms with E-state index in [2.05, 4.69) is 10.0 Å². The Kier molecular flexibility index (Phi) is 9.57. The third-order valence-corrected chi connectivity index (χ3v) is 6.34. The highest BCUT2D eigenvalue weighted by Gasteiger charge is 2.18. The Morgan fingerprint density at radius 1 is 1.10 bits per heavy atom. The number of carbonyl (C=O) groups is 1. The van der Waals surface area contributed by atoms with E-state index in [1.165, 1.54) is 19.2 Å². The van der Waals surface area contributed by atoms with Crippen LogP contribution in [0.1, 0.15) is 24.9 Å². The molecular weight excluding hydrogens is 444 g/mol. The molecule has 2 N–H and O–H groups in total. The maximum Gasteiger partial charge on any atom is 0.242 e. The summed E-state index contributed by atoms with van der Waals surface area (Å²) in [6.45, 7) is 2.62. The normalized spacial score (nSPS) is 12.3. The second-order valence-electron chi connectivity index (χ2n) is 6.62. The summed E-state index contributed by atoms with van der Waals surface area (Å²) in [6.07, 6.45) is -0.0244. The molecule has 0 heterocycles. The minimum Gasteiger partial charge on any atom is -0.493 e. The largest absolute Gasteiger partial charge is 0.493 e. The van der Waals surface area contributed by atoms with Gasteiger partial charge in [-0.1, -0.05) is 29.8 Å². The molecule has 1 amide bonds. The number of hydrogen-bond donors (Lipinski definition) is 2. The molecule has 0 saturated heterocycles. The van der Waals surface area contributed by atoms with Gasteiger partial charge in [0.15, 0.2) is 11.5 Å². The van der Waals surface area contributed by atoms with Gasteiger partial charge in [-0.05, 0) is 36.8 Å². The van der Waals surface area contributed by atoms with Crippen LogP contribution in [-0.2, 0) is 19.6 Å². The molecule has 0 fully saturated rings. The van der Waals surface area contributed by atoms with E-state index in [-0.39, 0.29) is 34.8 Å². The Morgan fingerprint density at radius 3 is 2.52 bits per heavy atom. The predicted molar refractivity (Wildman–Crippen MR) is 118 cm³/mol. The molecule has 0 aromatic heterocycles. The van der Waals surface area contributed by atoms with Crippen LogP contribution in [-0.4, -0.2) is 48.3 Å². The number of methoxy groups -OCH3 is 2. The Bertz CT molecular complexity index is 984. The predicted octanol–water partition coefficient (Wildman–Crippen LogP) is 2.92. The van der Waals surface area contributed by atoms with Crippen molar-refractivity contribution in [2.45, 2.75) is 24.3 Å². The second-order valence-corrected chi connectivity index (χ2v) is 8.76. The third-order valence-electron chi connectivity index (χ3n) is 4.38. The van der Waals surface area contributed by atoms with Gasteiger partial charge >= 0.3 is 0 Å². The molecule has 0 aliphatic heterocycles. The van der Waals surface area contributed by atoms with Crippen LogP contribution in [0.5, 0.6) is 11.5 Å². The van der Waals surface area contributed by atoms with Gasteiger partial charge in [-0.15, -0.1) is 0 Å². The third kappa shape index (κ3) is 7.39. The molecule has 170 valence electrons. The Balaban J connectivity index is 1.90. The number of ether oxygens (including phenoxy) is 3. The molecule has 1 unspecified atom stereocenters. The van der Waals surface area contributed by atoms with Gasteiger partial charge in [0.25, 0.3) is 0 Å². The van der Waals surface area contributed by atoms with Crippen molar-refractivity contribution in [3.63, 3.8) is 0 Å². The van der Waals surface area contributed by atoms with Gasteiger partial charge in [0.1, 0.15) is 11.5 Å². The van der Waals surface area contributed by atoms with E-state index in [1.807, 2.05) is 13.0 Å². The molecule has 2 aromatic rings. The van der Waals surface area contributed by atoms with Gasteiger partial charge in [0.05, 0.1) is 24.8 Å². The van der Waals surface area contributed by atoms with E-state index in [1.54, 1.807) is 31.4 Å². The lowest BCUT2D eigenvalue weighted by Gasteiger charge is -2.17. The molecule has 31 heavy (non-hydrogen) atoms. The van der Waals surface area contributed by atoms with Crippen LogP contribution in [0.3, 0.4) is 0 Å². The molecule has 2 rings (SSSR count). The number of sulfonamides is 1. The molecule has 0 saturated carbocycles. The molecule has 2 aromatic carbocycles. The summed E-state index contributed by atoms with van der Waals surface area (Å²) in [5.74, 6) is 0.826. The Hall–Kier alpha value is -2.33. The van der Waals surface area contributed by atoms with Crippen molar-refractivity contribution in [3.05, 3.63) is 53.1 Å². The van der Waals surface area contributed by atoms with Crippen molar-refractivity contribution in [1.29, 1.82) is 0 Å². The Morgan fingerprint density at radius 2 is 1.84 bits per heavy atom. The van der Waals surface area contributed by atoms with Gasteiger partial charge in [-0.2, -0.15) is 0 Å². The quantitative estimate of drug-likeness (QED) is 0.462. The van der Waals surface area contributed by atoms with E-state index < -0.39 is 10.0 Å². The van der Waals surface area contributed by atoms with E-state index in [0.29, 0.717) is 24.7 Å². The number of amides is 1. The number of rotatable bonds is 12. The maximum absolute atomic E-state index is 12.3.